The normalized spacial score (nSPS) is 19.6. The molecule has 0 saturated heterocycles. The molecule has 1 aliphatic heterocycles. The number of benzene rings is 2. The predicted octanol–water partition coefficient (Wildman–Crippen LogP) is 3.97. The zero-order valence-electron chi connectivity index (χ0n) is 13.3. The quantitative estimate of drug-likeness (QED) is 0.741. The van der Waals surface area contributed by atoms with E-state index in [4.69, 9.17) is 17.3 Å². The Bertz CT molecular complexity index is 871. The SMILES string of the molecule is Cc1ccc([C@@H]2C[C@@H](c3cccc(Cl)c3)n3nc(N)nc3N2)cc1. The van der Waals surface area contributed by atoms with E-state index in [1.54, 1.807) is 0 Å². The van der Waals surface area contributed by atoms with Gasteiger partial charge in [0.15, 0.2) is 0 Å². The Morgan fingerprint density at radius 1 is 1.17 bits per heavy atom. The fraction of sp³-hybridized carbons (Fsp3) is 0.222. The predicted molar refractivity (Wildman–Crippen MR) is 96.2 cm³/mol. The average molecular weight is 340 g/mol. The van der Waals surface area contributed by atoms with E-state index in [0.29, 0.717) is 11.0 Å². The Kier molecular flexibility index (Phi) is 3.65. The monoisotopic (exact) mass is 339 g/mol. The minimum absolute atomic E-state index is 0.0380. The van der Waals surface area contributed by atoms with E-state index >= 15 is 0 Å². The number of nitrogen functional groups attached to an aromatic ring is 1. The van der Waals surface area contributed by atoms with E-state index in [1.165, 1.54) is 11.1 Å². The number of anilines is 2. The summed E-state index contributed by atoms with van der Waals surface area (Å²) in [5, 5.41) is 8.52. The van der Waals surface area contributed by atoms with E-state index in [1.807, 2.05) is 22.9 Å². The number of hydrogen-bond acceptors (Lipinski definition) is 4. The van der Waals surface area contributed by atoms with Crippen molar-refractivity contribution in [2.75, 3.05) is 11.1 Å². The lowest BCUT2D eigenvalue weighted by Crippen LogP contribution is -2.28. The summed E-state index contributed by atoms with van der Waals surface area (Å²) in [6, 6.07) is 16.6. The van der Waals surface area contributed by atoms with Crippen LogP contribution in [-0.4, -0.2) is 14.8 Å². The smallest absolute Gasteiger partial charge is 0.241 e. The van der Waals surface area contributed by atoms with Crippen LogP contribution >= 0.6 is 11.6 Å². The number of aryl methyl sites for hydroxylation is 1. The summed E-state index contributed by atoms with van der Waals surface area (Å²) in [4.78, 5) is 4.33. The highest BCUT2D eigenvalue weighted by molar-refractivity contribution is 6.30. The van der Waals surface area contributed by atoms with Gasteiger partial charge in [-0.1, -0.05) is 53.6 Å². The maximum absolute atomic E-state index is 6.18. The van der Waals surface area contributed by atoms with Crippen LogP contribution in [0.25, 0.3) is 0 Å². The number of hydrogen-bond donors (Lipinski definition) is 2. The van der Waals surface area contributed by atoms with E-state index in [0.717, 1.165) is 12.0 Å². The molecule has 1 aliphatic rings. The van der Waals surface area contributed by atoms with Crippen LogP contribution in [0.2, 0.25) is 5.02 Å². The number of nitrogens with one attached hydrogen (secondary N) is 1. The summed E-state index contributed by atoms with van der Waals surface area (Å²) < 4.78 is 1.85. The number of halogens is 1. The minimum Gasteiger partial charge on any atom is -0.366 e. The lowest BCUT2D eigenvalue weighted by atomic mass is 9.93. The standard InChI is InChI=1S/C18H18ClN5/c1-11-5-7-12(8-6-11)15-10-16(13-3-2-4-14(19)9-13)24-18(21-15)22-17(20)23-24/h2-9,15-16H,10H2,1H3,(H3,20,21,22,23)/t15-,16-/m0/s1. The molecule has 122 valence electrons. The topological polar surface area (TPSA) is 68.8 Å². The Morgan fingerprint density at radius 3 is 2.71 bits per heavy atom. The molecular weight excluding hydrogens is 322 g/mol. The third kappa shape index (κ3) is 2.71. The molecule has 0 unspecified atom stereocenters. The Morgan fingerprint density at radius 2 is 1.96 bits per heavy atom. The van der Waals surface area contributed by atoms with Crippen molar-refractivity contribution < 1.29 is 0 Å². The lowest BCUT2D eigenvalue weighted by molar-refractivity contribution is 0.431. The molecule has 4 rings (SSSR count). The van der Waals surface area contributed by atoms with Crippen molar-refractivity contribution in [3.63, 3.8) is 0 Å². The summed E-state index contributed by atoms with van der Waals surface area (Å²) in [7, 11) is 0. The second kappa shape index (κ2) is 5.83. The average Bonchev–Trinajstić information content (AvgIpc) is 2.94. The summed E-state index contributed by atoms with van der Waals surface area (Å²) in [5.41, 5.74) is 9.39. The zero-order chi connectivity index (χ0) is 16.7. The molecule has 0 fully saturated rings. The van der Waals surface area contributed by atoms with Gasteiger partial charge in [0.25, 0.3) is 0 Å². The van der Waals surface area contributed by atoms with Crippen molar-refractivity contribution in [2.45, 2.75) is 25.4 Å². The van der Waals surface area contributed by atoms with E-state index < -0.39 is 0 Å². The number of nitrogens with two attached hydrogens (primary N) is 1. The second-order valence-electron chi connectivity index (χ2n) is 6.15. The van der Waals surface area contributed by atoms with Crippen LogP contribution in [-0.2, 0) is 0 Å². The molecule has 3 N–H and O–H groups in total. The number of fused-ring (bicyclic) bond motifs is 1. The van der Waals surface area contributed by atoms with Gasteiger partial charge < -0.3 is 11.1 Å². The molecule has 24 heavy (non-hydrogen) atoms. The van der Waals surface area contributed by atoms with Crippen LogP contribution in [0.5, 0.6) is 0 Å². The minimum atomic E-state index is 0.0380. The molecule has 5 nitrogen and oxygen atoms in total. The highest BCUT2D eigenvalue weighted by atomic mass is 35.5. The molecule has 0 saturated carbocycles. The van der Waals surface area contributed by atoms with Crippen molar-refractivity contribution in [2.24, 2.45) is 0 Å². The Hall–Kier alpha value is -2.53. The van der Waals surface area contributed by atoms with Gasteiger partial charge in [-0.2, -0.15) is 4.98 Å². The molecule has 3 aromatic rings. The maximum atomic E-state index is 6.18. The highest BCUT2D eigenvalue weighted by Crippen LogP contribution is 2.38. The van der Waals surface area contributed by atoms with Crippen LogP contribution in [0.15, 0.2) is 48.5 Å². The Balaban J connectivity index is 1.76. The number of aromatic nitrogens is 3. The number of rotatable bonds is 2. The summed E-state index contributed by atoms with van der Waals surface area (Å²) in [6.45, 7) is 2.09. The van der Waals surface area contributed by atoms with Gasteiger partial charge >= 0.3 is 0 Å². The first-order valence-electron chi connectivity index (χ1n) is 7.91. The molecule has 2 aromatic carbocycles. The van der Waals surface area contributed by atoms with E-state index in [9.17, 15) is 0 Å². The largest absolute Gasteiger partial charge is 0.366 e. The second-order valence-corrected chi connectivity index (χ2v) is 6.59. The first kappa shape index (κ1) is 15.0. The zero-order valence-corrected chi connectivity index (χ0v) is 14.0. The van der Waals surface area contributed by atoms with Gasteiger partial charge in [0.2, 0.25) is 11.9 Å². The summed E-state index contributed by atoms with van der Waals surface area (Å²) in [6.07, 6.45) is 0.846. The van der Waals surface area contributed by atoms with Crippen molar-refractivity contribution in [3.05, 3.63) is 70.2 Å². The van der Waals surface area contributed by atoms with Gasteiger partial charge in [0.1, 0.15) is 0 Å². The van der Waals surface area contributed by atoms with Crippen LogP contribution in [0.3, 0.4) is 0 Å². The summed E-state index contributed by atoms with van der Waals surface area (Å²) in [5.74, 6) is 0.961. The molecule has 0 aliphatic carbocycles. The third-order valence-electron chi connectivity index (χ3n) is 4.42. The van der Waals surface area contributed by atoms with Gasteiger partial charge in [-0.3, -0.25) is 0 Å². The molecule has 6 heteroatoms. The van der Waals surface area contributed by atoms with Gasteiger partial charge in [-0.05, 0) is 36.6 Å². The van der Waals surface area contributed by atoms with Gasteiger partial charge in [-0.15, -0.1) is 5.10 Å². The van der Waals surface area contributed by atoms with Crippen LogP contribution in [0.4, 0.5) is 11.9 Å². The van der Waals surface area contributed by atoms with Crippen molar-refractivity contribution in [1.82, 2.24) is 14.8 Å². The molecular formula is C18H18ClN5. The van der Waals surface area contributed by atoms with E-state index in [-0.39, 0.29) is 18.0 Å². The highest BCUT2D eigenvalue weighted by Gasteiger charge is 2.30. The fourth-order valence-electron chi connectivity index (χ4n) is 3.20. The van der Waals surface area contributed by atoms with Gasteiger partial charge in [0.05, 0.1) is 12.1 Å². The first-order valence-corrected chi connectivity index (χ1v) is 8.28. The number of nitrogens with zero attached hydrogens (tertiary/aromatic N) is 3. The molecule has 0 spiro atoms. The molecule has 0 amide bonds. The fourth-order valence-corrected chi connectivity index (χ4v) is 3.40. The lowest BCUT2D eigenvalue weighted by Gasteiger charge is -2.31. The molecule has 2 atom stereocenters. The maximum Gasteiger partial charge on any atom is 0.241 e. The van der Waals surface area contributed by atoms with Crippen molar-refractivity contribution in [3.8, 4) is 0 Å². The molecule has 1 aromatic heterocycles. The molecule has 0 bridgehead atoms. The Labute approximate surface area is 145 Å². The third-order valence-corrected chi connectivity index (χ3v) is 4.65. The van der Waals surface area contributed by atoms with Crippen LogP contribution in [0.1, 0.15) is 35.2 Å². The first-order chi connectivity index (χ1) is 11.6. The van der Waals surface area contributed by atoms with Crippen LogP contribution in [0, 0.1) is 6.92 Å². The van der Waals surface area contributed by atoms with Crippen LogP contribution < -0.4 is 11.1 Å². The molecule has 2 heterocycles. The van der Waals surface area contributed by atoms with Gasteiger partial charge in [0, 0.05) is 5.02 Å². The van der Waals surface area contributed by atoms with Gasteiger partial charge in [-0.25, -0.2) is 4.68 Å². The summed E-state index contributed by atoms with van der Waals surface area (Å²) >= 11 is 6.18. The van der Waals surface area contributed by atoms with Crippen molar-refractivity contribution in [1.29, 1.82) is 0 Å². The molecule has 0 radical (unpaired) electrons. The van der Waals surface area contributed by atoms with Crippen molar-refractivity contribution >= 4 is 23.5 Å². The van der Waals surface area contributed by atoms with E-state index in [2.05, 4.69) is 52.7 Å².